The first-order valence-electron chi connectivity index (χ1n) is 6.63. The smallest absolute Gasteiger partial charge is 0.251 e. The third-order valence-corrected chi connectivity index (χ3v) is 3.69. The van der Waals surface area contributed by atoms with Gasteiger partial charge in [-0.3, -0.25) is 4.79 Å². The monoisotopic (exact) mass is 347 g/mol. The van der Waals surface area contributed by atoms with E-state index in [9.17, 15) is 9.90 Å². The number of nitrogens with zero attached hydrogens (tertiary/aromatic N) is 1. The Hall–Kier alpha value is -2.36. The number of carbonyl (C=O) groups excluding carboxylic acids is 1. The van der Waals surface area contributed by atoms with Crippen molar-refractivity contribution in [2.24, 2.45) is 0 Å². The lowest BCUT2D eigenvalue weighted by molar-refractivity contribution is 0.0951. The summed E-state index contributed by atoms with van der Waals surface area (Å²) in [7, 11) is 0. The van der Waals surface area contributed by atoms with Crippen LogP contribution in [0.4, 0.5) is 5.69 Å². The van der Waals surface area contributed by atoms with Crippen LogP contribution >= 0.6 is 23.5 Å². The molecule has 118 valence electrons. The normalized spacial score (nSPS) is 9.96. The van der Waals surface area contributed by atoms with Gasteiger partial charge < -0.3 is 15.1 Å². The van der Waals surface area contributed by atoms with Crippen molar-refractivity contribution in [3.63, 3.8) is 0 Å². The minimum absolute atomic E-state index is 0.0276. The van der Waals surface area contributed by atoms with E-state index in [1.165, 1.54) is 18.0 Å². The first-order valence-corrected chi connectivity index (χ1v) is 8.23. The molecule has 0 heterocycles. The van der Waals surface area contributed by atoms with Crippen molar-refractivity contribution >= 4 is 35.1 Å². The standard InChI is InChI=1S/C16H14ClN3O2S/c1-23-20-14-6-12(5-13(17)7-14)16(22)19-9-11-3-2-10(8-18)4-15(11)21/h2-7,20-21H,9H2,1H3,(H,19,22). The summed E-state index contributed by atoms with van der Waals surface area (Å²) in [5.41, 5.74) is 2.04. The Morgan fingerprint density at radius 2 is 2.13 bits per heavy atom. The number of carbonyl (C=O) groups is 1. The zero-order valence-electron chi connectivity index (χ0n) is 12.3. The van der Waals surface area contributed by atoms with E-state index in [-0.39, 0.29) is 18.2 Å². The Labute approximate surface area is 143 Å². The van der Waals surface area contributed by atoms with Crippen LogP contribution in [0.15, 0.2) is 36.4 Å². The molecule has 7 heteroatoms. The van der Waals surface area contributed by atoms with Gasteiger partial charge in [0.05, 0.1) is 11.6 Å². The molecule has 0 spiro atoms. The molecule has 0 unspecified atom stereocenters. The van der Waals surface area contributed by atoms with E-state index in [1.54, 1.807) is 30.3 Å². The van der Waals surface area contributed by atoms with Gasteiger partial charge in [-0.2, -0.15) is 5.26 Å². The van der Waals surface area contributed by atoms with Crippen LogP contribution in [0.1, 0.15) is 21.5 Å². The lowest BCUT2D eigenvalue weighted by Gasteiger charge is -2.09. The van der Waals surface area contributed by atoms with Gasteiger partial charge in [0.1, 0.15) is 5.75 Å². The second kappa shape index (κ2) is 7.77. The third-order valence-electron chi connectivity index (χ3n) is 3.03. The molecule has 2 rings (SSSR count). The minimum atomic E-state index is -0.305. The van der Waals surface area contributed by atoms with Crippen molar-refractivity contribution in [2.45, 2.75) is 6.54 Å². The fourth-order valence-corrected chi connectivity index (χ4v) is 2.55. The third kappa shape index (κ3) is 4.55. The SMILES string of the molecule is CSNc1cc(Cl)cc(C(=O)NCc2ccc(C#N)cc2O)c1. The second-order valence-corrected chi connectivity index (χ2v) is 5.72. The molecule has 23 heavy (non-hydrogen) atoms. The van der Waals surface area contributed by atoms with E-state index < -0.39 is 0 Å². The summed E-state index contributed by atoms with van der Waals surface area (Å²) in [6.45, 7) is 0.147. The number of nitriles is 1. The molecule has 0 aliphatic rings. The zero-order chi connectivity index (χ0) is 16.8. The summed E-state index contributed by atoms with van der Waals surface area (Å²) in [5, 5.41) is 21.8. The number of hydrogen-bond donors (Lipinski definition) is 3. The molecule has 0 saturated heterocycles. The number of phenols is 1. The number of benzene rings is 2. The maximum atomic E-state index is 12.2. The largest absolute Gasteiger partial charge is 0.508 e. The van der Waals surface area contributed by atoms with Crippen LogP contribution in [-0.2, 0) is 6.54 Å². The number of aromatic hydroxyl groups is 1. The summed E-state index contributed by atoms with van der Waals surface area (Å²) in [4.78, 5) is 12.2. The molecule has 5 nitrogen and oxygen atoms in total. The molecule has 0 saturated carbocycles. The Morgan fingerprint density at radius 1 is 1.35 bits per heavy atom. The number of amides is 1. The molecule has 0 aliphatic carbocycles. The van der Waals surface area contributed by atoms with Gasteiger partial charge in [-0.15, -0.1) is 0 Å². The Morgan fingerprint density at radius 3 is 2.78 bits per heavy atom. The van der Waals surface area contributed by atoms with Crippen LogP contribution in [0.2, 0.25) is 5.02 Å². The Bertz CT molecular complexity index is 774. The molecular weight excluding hydrogens is 334 g/mol. The van der Waals surface area contributed by atoms with Crippen molar-refractivity contribution in [1.29, 1.82) is 5.26 Å². The Balaban J connectivity index is 2.09. The molecule has 0 fully saturated rings. The van der Waals surface area contributed by atoms with Crippen molar-refractivity contribution in [3.05, 3.63) is 58.1 Å². The van der Waals surface area contributed by atoms with Gasteiger partial charge in [-0.1, -0.05) is 29.6 Å². The summed E-state index contributed by atoms with van der Waals surface area (Å²) in [5.74, 6) is -0.333. The predicted molar refractivity (Wildman–Crippen MR) is 92.6 cm³/mol. The van der Waals surface area contributed by atoms with Gasteiger partial charge in [0, 0.05) is 34.6 Å². The predicted octanol–water partition coefficient (Wildman–Crippen LogP) is 3.54. The van der Waals surface area contributed by atoms with Gasteiger partial charge in [-0.05, 0) is 30.3 Å². The maximum absolute atomic E-state index is 12.2. The van der Waals surface area contributed by atoms with Crippen LogP contribution < -0.4 is 10.0 Å². The zero-order valence-corrected chi connectivity index (χ0v) is 13.8. The Kier molecular flexibility index (Phi) is 5.74. The first-order chi connectivity index (χ1) is 11.0. The van der Waals surface area contributed by atoms with Crippen LogP contribution in [0, 0.1) is 11.3 Å². The van der Waals surface area contributed by atoms with Crippen LogP contribution in [0.25, 0.3) is 0 Å². The minimum Gasteiger partial charge on any atom is -0.508 e. The lowest BCUT2D eigenvalue weighted by atomic mass is 10.1. The van der Waals surface area contributed by atoms with E-state index in [4.69, 9.17) is 16.9 Å². The summed E-state index contributed by atoms with van der Waals surface area (Å²) in [6.07, 6.45) is 1.87. The lowest BCUT2D eigenvalue weighted by Crippen LogP contribution is -2.22. The number of halogens is 1. The molecular formula is C16H14ClN3O2S. The van der Waals surface area contributed by atoms with Crippen LogP contribution in [-0.4, -0.2) is 17.3 Å². The average Bonchev–Trinajstić information content (AvgIpc) is 2.53. The molecule has 2 aromatic carbocycles. The van der Waals surface area contributed by atoms with E-state index in [0.717, 1.165) is 5.69 Å². The van der Waals surface area contributed by atoms with Crippen molar-refractivity contribution in [2.75, 3.05) is 11.0 Å². The number of phenolic OH excluding ortho intramolecular Hbond substituents is 1. The first kappa shape index (κ1) is 17.0. The van der Waals surface area contributed by atoms with E-state index in [2.05, 4.69) is 10.0 Å². The molecule has 3 N–H and O–H groups in total. The molecule has 0 aromatic heterocycles. The van der Waals surface area contributed by atoms with Crippen LogP contribution in [0.5, 0.6) is 5.75 Å². The van der Waals surface area contributed by atoms with Gasteiger partial charge in [0.15, 0.2) is 0 Å². The van der Waals surface area contributed by atoms with Crippen LogP contribution in [0.3, 0.4) is 0 Å². The molecule has 0 radical (unpaired) electrons. The van der Waals surface area contributed by atoms with Gasteiger partial charge in [-0.25, -0.2) is 0 Å². The van der Waals surface area contributed by atoms with E-state index in [0.29, 0.717) is 21.7 Å². The quantitative estimate of drug-likeness (QED) is 0.720. The number of rotatable bonds is 5. The number of nitrogens with one attached hydrogen (secondary N) is 2. The highest BCUT2D eigenvalue weighted by atomic mass is 35.5. The fraction of sp³-hybridized carbons (Fsp3) is 0.125. The molecule has 1 amide bonds. The maximum Gasteiger partial charge on any atom is 0.251 e. The van der Waals surface area contributed by atoms with Crippen molar-refractivity contribution < 1.29 is 9.90 Å². The van der Waals surface area contributed by atoms with Gasteiger partial charge in [0.2, 0.25) is 0 Å². The van der Waals surface area contributed by atoms with Crippen molar-refractivity contribution in [3.8, 4) is 11.8 Å². The molecule has 0 atom stereocenters. The average molecular weight is 348 g/mol. The summed E-state index contributed by atoms with van der Waals surface area (Å²) < 4.78 is 3.02. The van der Waals surface area contributed by atoms with Gasteiger partial charge in [0.25, 0.3) is 5.91 Å². The van der Waals surface area contributed by atoms with E-state index >= 15 is 0 Å². The fourth-order valence-electron chi connectivity index (χ4n) is 1.96. The summed E-state index contributed by atoms with van der Waals surface area (Å²) in [6, 6.07) is 11.5. The highest BCUT2D eigenvalue weighted by molar-refractivity contribution is 7.99. The number of anilines is 1. The highest BCUT2D eigenvalue weighted by Gasteiger charge is 2.10. The number of hydrogen-bond acceptors (Lipinski definition) is 5. The topological polar surface area (TPSA) is 85.2 Å². The summed E-state index contributed by atoms with van der Waals surface area (Å²) >= 11 is 7.41. The van der Waals surface area contributed by atoms with Gasteiger partial charge >= 0.3 is 0 Å². The van der Waals surface area contributed by atoms with E-state index in [1.807, 2.05) is 12.3 Å². The highest BCUT2D eigenvalue weighted by Crippen LogP contribution is 2.22. The van der Waals surface area contributed by atoms with Crippen molar-refractivity contribution in [1.82, 2.24) is 5.32 Å². The molecule has 0 aliphatic heterocycles. The molecule has 0 bridgehead atoms. The second-order valence-electron chi connectivity index (χ2n) is 4.67. The molecule has 2 aromatic rings.